The molecule has 15 nitrogen and oxygen atoms in total. The largest absolute Gasteiger partial charge is 0.328 e. The second-order valence-electron chi connectivity index (χ2n) is 31.3. The van der Waals surface area contributed by atoms with Crippen molar-refractivity contribution in [3.63, 3.8) is 0 Å². The minimum absolute atomic E-state index is 0. The summed E-state index contributed by atoms with van der Waals surface area (Å²) in [5, 5.41) is 46.8. The number of thiazole rings is 2. The maximum absolute atomic E-state index is 11.8. The molecule has 21 heteroatoms. The molecule has 16 rings (SSSR count). The summed E-state index contributed by atoms with van der Waals surface area (Å²) in [7, 11) is 0. The molecule has 120 heavy (non-hydrogen) atoms. The molecule has 2 heterocycles. The number of aromatic nitrogens is 2. The molecule has 4 aliphatic carbocycles. The van der Waals surface area contributed by atoms with Crippen LogP contribution in [-0.2, 0) is 24.7 Å². The number of para-hydroxylation sites is 2. The quantitative estimate of drug-likeness (QED) is 0.0142. The molecular weight excluding hydrogens is 1860 g/mol. The molecule has 4 aliphatic rings. The Kier molecular flexibility index (Phi) is 40.3. The topological polar surface area (TPSA) is 219 Å². The fourth-order valence-corrected chi connectivity index (χ4v) is 38.4. The second-order valence-corrected chi connectivity index (χ2v) is 49.7. The first-order valence-corrected chi connectivity index (χ1v) is 53.8. The van der Waals surface area contributed by atoms with Crippen LogP contribution in [-0.4, -0.2) is 61.8 Å². The monoisotopic (exact) mass is 1980 g/mol. The Labute approximate surface area is 753 Å². The van der Waals surface area contributed by atoms with Crippen LogP contribution in [0.25, 0.3) is 64.9 Å². The van der Waals surface area contributed by atoms with Crippen molar-refractivity contribution in [2.24, 2.45) is 0 Å². The predicted molar refractivity (Wildman–Crippen MR) is 524 cm³/mol. The van der Waals surface area contributed by atoms with Crippen LogP contribution >= 0.6 is 67.9 Å². The standard InChI is InChI=1S/C33H48INO2.C13H8INO2.C13H9NO2.C13H10.C7H5NS.C7H4NS.3C4H9.CH4.B.HNO3.Sn.H2/c1-3-5-7-9-11-13-15-17-23-33(24-18-16-14-12-10-8-6-4-2)31-25-27(34)19-21-29(31)30-22-20-28(35(36)37)26-32(30)33;14-10-1-3-12-8(6-10)5-9-7-11(15(16)17)2-4-13(9)12;15-14(16)11-5-6-13-10(8-11)7-9-3-1-2-4-12(9)13;1-3-7-12-10(5-1)9-11-6-2-4-8-13(11)12;2*1-2-4-7-6(3-1)8-5-9-7;3*1-3-4-2;;;2-1(3)4;;/h19-22,25-26H,3-18,23-24H2,1-2H3;1-4,6-7H,5H2;1-6,8H,7H2;1-8H,9H2;1-5H;1-4H;3*1,3-4H2,2H3;1H4;;(H,2,3,4);;1H/i;;;;;;;;;;;;;1+1. The fourth-order valence-electron chi connectivity index (χ4n) is 17.1. The van der Waals surface area contributed by atoms with Gasteiger partial charge in [0.1, 0.15) is 0 Å². The van der Waals surface area contributed by atoms with Gasteiger partial charge in [-0.15, -0.1) is 21.5 Å². The maximum atomic E-state index is 11.8. The Morgan fingerprint density at radius 3 is 1.17 bits per heavy atom. The molecule has 0 spiro atoms. The van der Waals surface area contributed by atoms with Gasteiger partial charge in [0.15, 0.2) is 0 Å². The number of rotatable bonds is 31. The normalized spacial score (nSPS) is 12.0. The summed E-state index contributed by atoms with van der Waals surface area (Å²) < 4.78 is 11.3. The number of non-ortho nitro benzene ring substituents is 3. The summed E-state index contributed by atoms with van der Waals surface area (Å²) in [4.78, 5) is 49.9. The number of nitro groups is 3. The van der Waals surface area contributed by atoms with Gasteiger partial charge in [0.05, 0.1) is 30.5 Å². The Morgan fingerprint density at radius 2 is 0.725 bits per heavy atom. The zero-order chi connectivity index (χ0) is 83.8. The third-order valence-electron chi connectivity index (χ3n) is 23.2. The Hall–Kier alpha value is -8.30. The number of halogens is 2. The molecule has 631 valence electrons. The molecule has 0 bridgehead atoms. The van der Waals surface area contributed by atoms with E-state index in [4.69, 9.17) is 20.3 Å². The van der Waals surface area contributed by atoms with Crippen LogP contribution in [0.15, 0.2) is 218 Å². The number of hydrogen-bond acceptors (Lipinski definition) is 12. The van der Waals surface area contributed by atoms with E-state index < -0.39 is 23.5 Å². The van der Waals surface area contributed by atoms with Crippen LogP contribution in [0.3, 0.4) is 0 Å². The minimum atomic E-state index is -2.30. The van der Waals surface area contributed by atoms with Gasteiger partial charge in [-0.3, -0.25) is 30.3 Å². The van der Waals surface area contributed by atoms with E-state index in [1.807, 2.05) is 71.4 Å². The van der Waals surface area contributed by atoms with Gasteiger partial charge in [0.2, 0.25) is 0 Å². The number of hydrogen-bond donors (Lipinski definition) is 1. The molecule has 1 N–H and O–H groups in total. The van der Waals surface area contributed by atoms with Crippen LogP contribution in [0, 0.1) is 47.6 Å². The number of fused-ring (bicyclic) bond motifs is 14. The number of nitro benzene ring substituents is 3. The van der Waals surface area contributed by atoms with Crippen molar-refractivity contribution in [2.45, 2.75) is 234 Å². The first kappa shape index (κ1) is 97.2. The van der Waals surface area contributed by atoms with Crippen LogP contribution in [0.4, 0.5) is 17.1 Å². The van der Waals surface area contributed by atoms with Gasteiger partial charge >= 0.3 is 145 Å². The van der Waals surface area contributed by atoms with E-state index in [1.54, 1.807) is 44.7 Å². The molecule has 10 aromatic carbocycles. The van der Waals surface area contributed by atoms with Crippen LogP contribution in [0.2, 0.25) is 13.3 Å². The van der Waals surface area contributed by atoms with Gasteiger partial charge in [-0.1, -0.05) is 221 Å². The van der Waals surface area contributed by atoms with Crippen molar-refractivity contribution >= 4 is 135 Å². The van der Waals surface area contributed by atoms with E-state index in [0.29, 0.717) is 0 Å². The SMILES string of the molecule is C.CCCCCCCCCCC1(CCCCCCCCCC)c2cc(I)ccc2-c2ccc([N+](=O)[O-])cc21.CCC[CH2][Sn]([CH2]CCC)([CH2]CCC)[c]1nc2ccccc2s1.O=[N+]([O-])O.O=[N+]([O-])c1ccc2c(c1)Cc1cc(I)ccc1-2.O=[N+]([O-])c1ccc2c(c1)Cc1ccccc1-2.[2HH].[B].c1ccc2c(c1)Cc1ccccc1-2.c1ccc2scnc2c1. The number of nitrogens with zero attached hydrogens (tertiary/aromatic N) is 6. The van der Waals surface area contributed by atoms with Crippen LogP contribution in [0.5, 0.6) is 0 Å². The van der Waals surface area contributed by atoms with Crippen molar-refractivity contribution in [2.75, 3.05) is 0 Å². The summed E-state index contributed by atoms with van der Waals surface area (Å²) in [6, 6.07) is 71.3. The molecule has 0 saturated heterocycles. The minimum Gasteiger partial charge on any atom is -0.328 e. The molecule has 0 saturated carbocycles. The molecule has 0 fully saturated rings. The number of unbranched alkanes of at least 4 members (excludes halogenated alkanes) is 17. The summed E-state index contributed by atoms with van der Waals surface area (Å²) in [6.45, 7) is 11.6. The van der Waals surface area contributed by atoms with Gasteiger partial charge in [-0.05, 0) is 221 Å². The Bertz CT molecular complexity index is 5170. The number of benzene rings is 10. The van der Waals surface area contributed by atoms with E-state index in [9.17, 15) is 30.3 Å². The van der Waals surface area contributed by atoms with E-state index in [1.165, 1.54) is 243 Å². The predicted octanol–water partition coefficient (Wildman–Crippen LogP) is 30.5. The van der Waals surface area contributed by atoms with Crippen molar-refractivity contribution in [1.29, 1.82) is 0 Å². The maximum Gasteiger partial charge on any atom is 0.291 e. The van der Waals surface area contributed by atoms with E-state index >= 15 is 0 Å². The van der Waals surface area contributed by atoms with Gasteiger partial charge in [0, 0.05) is 58.8 Å². The molecular formula is C99H118BI2N6O9S2Sn. The van der Waals surface area contributed by atoms with E-state index in [2.05, 4.69) is 212 Å². The molecule has 2 aromatic heterocycles. The average Bonchev–Trinajstić information content (AvgIpc) is 1.56. The molecule has 0 aliphatic heterocycles. The zero-order valence-corrected chi connectivity index (χ0v) is 78.3. The van der Waals surface area contributed by atoms with Gasteiger partial charge in [-0.2, -0.15) is 0 Å². The summed E-state index contributed by atoms with van der Waals surface area (Å²) in [6.07, 6.45) is 34.1. The first-order chi connectivity index (χ1) is 57.3. The fraction of sp³-hybridized carbons (Fsp3) is 0.374. The van der Waals surface area contributed by atoms with Gasteiger partial charge in [0.25, 0.3) is 22.1 Å². The van der Waals surface area contributed by atoms with Crippen molar-refractivity contribution in [1.82, 2.24) is 9.97 Å². The second kappa shape index (κ2) is 49.7. The molecule has 0 unspecified atom stereocenters. The molecule has 0 atom stereocenters. The summed E-state index contributed by atoms with van der Waals surface area (Å²) in [5.74, 6) is 0. The first-order valence-electron chi connectivity index (χ1n) is 42.5. The molecule has 12 aromatic rings. The Balaban J connectivity index is 0.000000207. The average molecular weight is 1980 g/mol. The van der Waals surface area contributed by atoms with E-state index in [-0.39, 0.29) is 54.5 Å². The van der Waals surface area contributed by atoms with Crippen LogP contribution < -0.4 is 3.02 Å². The smallest absolute Gasteiger partial charge is 0.291 e. The van der Waals surface area contributed by atoms with Gasteiger partial charge in [-0.25, -0.2) is 4.98 Å². The zero-order valence-electron chi connectivity index (χ0n) is 69.5. The van der Waals surface area contributed by atoms with Crippen molar-refractivity contribution < 1.29 is 26.5 Å². The summed E-state index contributed by atoms with van der Waals surface area (Å²) in [5.41, 5.74) is 24.9. The van der Waals surface area contributed by atoms with E-state index in [0.717, 1.165) is 59.9 Å². The molecule has 3 radical (unpaired) electrons. The Morgan fingerprint density at radius 1 is 0.392 bits per heavy atom. The van der Waals surface area contributed by atoms with Crippen molar-refractivity contribution in [3.05, 3.63) is 310 Å². The molecule has 0 amide bonds. The third kappa shape index (κ3) is 26.6. The van der Waals surface area contributed by atoms with Crippen LogP contribution in [0.1, 0.15) is 242 Å². The van der Waals surface area contributed by atoms with Gasteiger partial charge < -0.3 is 5.21 Å². The third-order valence-corrected chi connectivity index (χ3v) is 44.1. The summed E-state index contributed by atoms with van der Waals surface area (Å²) >= 11 is 6.13. The van der Waals surface area contributed by atoms with Crippen molar-refractivity contribution in [3.8, 4) is 44.5 Å².